The zero-order valence-corrected chi connectivity index (χ0v) is 15.3. The first-order valence-electron chi connectivity index (χ1n) is 9.84. The summed E-state index contributed by atoms with van der Waals surface area (Å²) in [6, 6.07) is 2.37. The Bertz CT molecular complexity index is 810. The number of fused-ring (bicyclic) bond motifs is 1. The molecule has 3 aliphatic heterocycles. The maximum absolute atomic E-state index is 14.2. The third-order valence-corrected chi connectivity index (χ3v) is 6.18. The fourth-order valence-electron chi connectivity index (χ4n) is 4.76. The molecule has 0 aliphatic carbocycles. The highest BCUT2D eigenvalue weighted by atomic mass is 19.1. The van der Waals surface area contributed by atoms with Crippen LogP contribution in [0.2, 0.25) is 0 Å². The van der Waals surface area contributed by atoms with E-state index in [0.29, 0.717) is 11.7 Å². The number of hydrogen-bond donors (Lipinski definition) is 0. The summed E-state index contributed by atoms with van der Waals surface area (Å²) in [5.41, 5.74) is 0. The van der Waals surface area contributed by atoms with Gasteiger partial charge in [-0.3, -0.25) is 0 Å². The van der Waals surface area contributed by atoms with Crippen LogP contribution in [0, 0.1) is 11.7 Å². The Morgan fingerprint density at radius 1 is 0.889 bits per heavy atom. The molecule has 0 aromatic carbocycles. The molecule has 3 aliphatic rings. The number of piperidine rings is 1. The Balaban J connectivity index is 1.37. The molecule has 0 bridgehead atoms. The third kappa shape index (κ3) is 3.07. The summed E-state index contributed by atoms with van der Waals surface area (Å²) in [7, 11) is 0. The van der Waals surface area contributed by atoms with Crippen LogP contribution in [0.1, 0.15) is 25.7 Å². The van der Waals surface area contributed by atoms with Gasteiger partial charge in [0.05, 0.1) is 12.2 Å². The summed E-state index contributed by atoms with van der Waals surface area (Å²) in [6.45, 7) is 4.81. The minimum atomic E-state index is -0.339. The van der Waals surface area contributed by atoms with Crippen LogP contribution < -0.4 is 14.7 Å². The van der Waals surface area contributed by atoms with E-state index in [1.807, 2.05) is 0 Å². The molecule has 0 saturated carbocycles. The first kappa shape index (κ1) is 16.6. The predicted octanol–water partition coefficient (Wildman–Crippen LogP) is 2.11. The van der Waals surface area contributed by atoms with Crippen molar-refractivity contribution >= 4 is 17.5 Å². The summed E-state index contributed by atoms with van der Waals surface area (Å²) in [4.78, 5) is 23.8. The highest BCUT2D eigenvalue weighted by Crippen LogP contribution is 2.36. The maximum atomic E-state index is 14.2. The van der Waals surface area contributed by atoms with Crippen LogP contribution in [0.3, 0.4) is 0 Å². The molecule has 0 N–H and O–H groups in total. The second kappa shape index (κ2) is 6.90. The van der Waals surface area contributed by atoms with E-state index in [9.17, 15) is 4.39 Å². The number of hydrogen-bond acceptors (Lipinski definition) is 7. The topological polar surface area (TPSA) is 61.3 Å². The molecule has 142 valence electrons. The van der Waals surface area contributed by atoms with E-state index in [2.05, 4.69) is 40.7 Å². The van der Waals surface area contributed by atoms with Crippen molar-refractivity contribution in [2.45, 2.75) is 31.7 Å². The molecule has 5 heterocycles. The summed E-state index contributed by atoms with van der Waals surface area (Å²) in [5, 5.41) is 0. The smallest absolute Gasteiger partial charge is 0.183 e. The van der Waals surface area contributed by atoms with Gasteiger partial charge in [0, 0.05) is 38.8 Å². The Hall–Kier alpha value is -2.51. The van der Waals surface area contributed by atoms with Crippen molar-refractivity contribution in [3.05, 3.63) is 30.7 Å². The van der Waals surface area contributed by atoms with Gasteiger partial charge in [-0.1, -0.05) is 0 Å². The average molecular weight is 369 g/mol. The molecule has 5 rings (SSSR count). The molecule has 27 heavy (non-hydrogen) atoms. The zero-order chi connectivity index (χ0) is 18.2. The number of rotatable bonds is 3. The van der Waals surface area contributed by atoms with Gasteiger partial charge in [0.15, 0.2) is 11.6 Å². The summed E-state index contributed by atoms with van der Waals surface area (Å²) in [6.07, 6.45) is 8.99. The number of anilines is 3. The minimum absolute atomic E-state index is 0.258. The van der Waals surface area contributed by atoms with E-state index in [4.69, 9.17) is 0 Å². The molecule has 2 aromatic rings. The molecule has 2 unspecified atom stereocenters. The first-order valence-corrected chi connectivity index (χ1v) is 9.84. The van der Waals surface area contributed by atoms with Crippen molar-refractivity contribution in [2.75, 3.05) is 47.4 Å². The van der Waals surface area contributed by atoms with Gasteiger partial charge in [-0.25, -0.2) is 24.3 Å². The normalized spacial score (nSPS) is 25.1. The molecule has 3 fully saturated rings. The van der Waals surface area contributed by atoms with Crippen molar-refractivity contribution in [1.29, 1.82) is 0 Å². The van der Waals surface area contributed by atoms with Crippen molar-refractivity contribution in [1.82, 2.24) is 19.9 Å². The lowest BCUT2D eigenvalue weighted by atomic mass is 9.92. The Morgan fingerprint density at radius 2 is 1.67 bits per heavy atom. The van der Waals surface area contributed by atoms with Crippen molar-refractivity contribution in [3.8, 4) is 0 Å². The highest BCUT2D eigenvalue weighted by Gasteiger charge is 2.40. The molecule has 8 heteroatoms. The molecular weight excluding hydrogens is 345 g/mol. The third-order valence-electron chi connectivity index (χ3n) is 6.18. The van der Waals surface area contributed by atoms with E-state index >= 15 is 0 Å². The largest absolute Gasteiger partial charge is 0.356 e. The van der Waals surface area contributed by atoms with Gasteiger partial charge < -0.3 is 14.7 Å². The van der Waals surface area contributed by atoms with E-state index < -0.39 is 0 Å². The van der Waals surface area contributed by atoms with Gasteiger partial charge in [-0.2, -0.15) is 0 Å². The quantitative estimate of drug-likeness (QED) is 0.821. The van der Waals surface area contributed by atoms with Crippen molar-refractivity contribution in [3.63, 3.8) is 0 Å². The standard InChI is InChI=1S/C19H24FN7/c20-15-10-21-12-24-19(15)27-8-4-14-3-7-26(11-16(14)27)18-9-17(22-13-23-18)25-5-1-2-6-25/h9-10,12-14,16H,1-8,11H2. The summed E-state index contributed by atoms with van der Waals surface area (Å²) >= 11 is 0. The fourth-order valence-corrected chi connectivity index (χ4v) is 4.76. The molecule has 2 atom stereocenters. The fraction of sp³-hybridized carbons (Fsp3) is 0.579. The lowest BCUT2D eigenvalue weighted by Gasteiger charge is -2.39. The highest BCUT2D eigenvalue weighted by molar-refractivity contribution is 5.52. The number of aromatic nitrogens is 4. The van der Waals surface area contributed by atoms with E-state index in [1.165, 1.54) is 25.4 Å². The molecular formula is C19H24FN7. The monoisotopic (exact) mass is 369 g/mol. The van der Waals surface area contributed by atoms with Gasteiger partial charge in [0.2, 0.25) is 0 Å². The second-order valence-corrected chi connectivity index (χ2v) is 7.67. The Labute approximate surface area is 158 Å². The van der Waals surface area contributed by atoms with Gasteiger partial charge in [0.25, 0.3) is 0 Å². The van der Waals surface area contributed by atoms with E-state index in [-0.39, 0.29) is 11.9 Å². The van der Waals surface area contributed by atoms with Crippen LogP contribution in [0.4, 0.5) is 21.8 Å². The van der Waals surface area contributed by atoms with Gasteiger partial charge in [0.1, 0.15) is 24.3 Å². The first-order chi connectivity index (χ1) is 13.3. The average Bonchev–Trinajstić information content (AvgIpc) is 3.38. The van der Waals surface area contributed by atoms with Crippen molar-refractivity contribution < 1.29 is 4.39 Å². The maximum Gasteiger partial charge on any atom is 0.183 e. The molecule has 7 nitrogen and oxygen atoms in total. The van der Waals surface area contributed by atoms with Gasteiger partial charge in [-0.15, -0.1) is 0 Å². The molecule has 0 radical (unpaired) electrons. The molecule has 0 amide bonds. The van der Waals surface area contributed by atoms with Crippen LogP contribution in [0.25, 0.3) is 0 Å². The van der Waals surface area contributed by atoms with Gasteiger partial charge in [-0.05, 0) is 31.6 Å². The summed E-state index contributed by atoms with van der Waals surface area (Å²) < 4.78 is 14.2. The van der Waals surface area contributed by atoms with Crippen LogP contribution in [-0.4, -0.2) is 58.7 Å². The van der Waals surface area contributed by atoms with Crippen LogP contribution in [-0.2, 0) is 0 Å². The second-order valence-electron chi connectivity index (χ2n) is 7.67. The molecule has 2 aromatic heterocycles. The van der Waals surface area contributed by atoms with Crippen LogP contribution in [0.5, 0.6) is 0 Å². The zero-order valence-electron chi connectivity index (χ0n) is 15.3. The molecule has 3 saturated heterocycles. The molecule has 0 spiro atoms. The van der Waals surface area contributed by atoms with Crippen LogP contribution >= 0.6 is 0 Å². The number of nitrogens with zero attached hydrogens (tertiary/aromatic N) is 7. The SMILES string of the molecule is Fc1cncnc1N1CCC2CCN(c3cc(N4CCCC4)ncn3)CC21. The van der Waals surface area contributed by atoms with Crippen LogP contribution in [0.15, 0.2) is 24.9 Å². The Kier molecular flexibility index (Phi) is 4.26. The lowest BCUT2D eigenvalue weighted by Crippen LogP contribution is -2.49. The summed E-state index contributed by atoms with van der Waals surface area (Å²) in [5.74, 6) is 2.66. The minimum Gasteiger partial charge on any atom is -0.356 e. The lowest BCUT2D eigenvalue weighted by molar-refractivity contribution is 0.387. The Morgan fingerprint density at radius 3 is 2.48 bits per heavy atom. The predicted molar refractivity (Wildman–Crippen MR) is 102 cm³/mol. The number of halogens is 1. The van der Waals surface area contributed by atoms with E-state index in [1.54, 1.807) is 6.33 Å². The van der Waals surface area contributed by atoms with E-state index in [0.717, 1.165) is 57.2 Å². The van der Waals surface area contributed by atoms with Crippen molar-refractivity contribution in [2.24, 2.45) is 5.92 Å². The van der Waals surface area contributed by atoms with Gasteiger partial charge >= 0.3 is 0 Å².